The lowest BCUT2D eigenvalue weighted by Gasteiger charge is -2.20. The third-order valence-electron chi connectivity index (χ3n) is 4.07. The van der Waals surface area contributed by atoms with Crippen molar-refractivity contribution < 1.29 is 28.8 Å². The normalized spacial score (nSPS) is 13.7. The maximum atomic E-state index is 12.6. The van der Waals surface area contributed by atoms with Gasteiger partial charge in [0.1, 0.15) is 6.04 Å². The van der Waals surface area contributed by atoms with Crippen LogP contribution >= 0.6 is 0 Å². The molecule has 144 valence electrons. The predicted molar refractivity (Wildman–Crippen MR) is 97.1 cm³/mol. The van der Waals surface area contributed by atoms with Crippen molar-refractivity contribution in [3.63, 3.8) is 0 Å². The molecule has 0 saturated heterocycles. The molecule has 0 fully saturated rings. The van der Waals surface area contributed by atoms with Gasteiger partial charge in [-0.15, -0.1) is 0 Å². The number of rotatable bonds is 6. The summed E-state index contributed by atoms with van der Waals surface area (Å²) in [6.45, 7) is 1.75. The van der Waals surface area contributed by atoms with Crippen molar-refractivity contribution in [1.82, 2.24) is 10.4 Å². The lowest BCUT2D eigenvalue weighted by Crippen LogP contribution is -2.46. The van der Waals surface area contributed by atoms with Crippen LogP contribution in [0.1, 0.15) is 33.2 Å². The van der Waals surface area contributed by atoms with E-state index in [1.54, 1.807) is 43.3 Å². The van der Waals surface area contributed by atoms with Gasteiger partial charge in [0.15, 0.2) is 0 Å². The van der Waals surface area contributed by atoms with Crippen LogP contribution < -0.4 is 5.32 Å². The number of imide groups is 1. The van der Waals surface area contributed by atoms with Gasteiger partial charge in [-0.05, 0) is 24.6 Å². The van der Waals surface area contributed by atoms with Crippen LogP contribution in [0.5, 0.6) is 0 Å². The minimum absolute atomic E-state index is 0.0989. The molecule has 1 heterocycles. The number of ether oxygens (including phenoxy) is 1. The van der Waals surface area contributed by atoms with Crippen molar-refractivity contribution in [2.24, 2.45) is 0 Å². The van der Waals surface area contributed by atoms with Crippen LogP contribution in [0.2, 0.25) is 0 Å². The zero-order valence-corrected chi connectivity index (χ0v) is 15.1. The fraction of sp³-hybridized carbons (Fsp3) is 0.200. The Kier molecular flexibility index (Phi) is 5.69. The van der Waals surface area contributed by atoms with Crippen LogP contribution in [-0.4, -0.2) is 41.6 Å². The zero-order chi connectivity index (χ0) is 20.1. The Bertz CT molecular complexity index is 877. The number of hydroxylamine groups is 2. The van der Waals surface area contributed by atoms with Gasteiger partial charge in [-0.25, -0.2) is 9.59 Å². The van der Waals surface area contributed by atoms with E-state index < -0.39 is 29.9 Å². The monoisotopic (exact) mass is 382 g/mol. The number of carbonyl (C=O) groups excluding carboxylic acids is 4. The summed E-state index contributed by atoms with van der Waals surface area (Å²) in [4.78, 5) is 54.2. The summed E-state index contributed by atoms with van der Waals surface area (Å²) < 4.78 is 4.82. The van der Waals surface area contributed by atoms with Gasteiger partial charge in [0.2, 0.25) is 0 Å². The molecule has 0 bridgehead atoms. The summed E-state index contributed by atoms with van der Waals surface area (Å²) in [6, 6.07) is 13.9. The minimum Gasteiger partial charge on any atom is -0.450 e. The highest BCUT2D eigenvalue weighted by Gasteiger charge is 2.40. The van der Waals surface area contributed by atoms with Gasteiger partial charge in [0.05, 0.1) is 17.7 Å². The Morgan fingerprint density at radius 2 is 1.54 bits per heavy atom. The van der Waals surface area contributed by atoms with E-state index in [2.05, 4.69) is 5.32 Å². The van der Waals surface area contributed by atoms with Crippen LogP contribution in [0.25, 0.3) is 0 Å². The van der Waals surface area contributed by atoms with E-state index in [1.807, 2.05) is 6.07 Å². The molecule has 3 rings (SSSR count). The van der Waals surface area contributed by atoms with Crippen molar-refractivity contribution in [3.8, 4) is 0 Å². The molecular formula is C20H18N2O6. The van der Waals surface area contributed by atoms with Crippen molar-refractivity contribution in [2.75, 3.05) is 6.61 Å². The Hall–Kier alpha value is -3.68. The fourth-order valence-corrected chi connectivity index (χ4v) is 2.76. The molecular weight excluding hydrogens is 364 g/mol. The van der Waals surface area contributed by atoms with E-state index in [1.165, 1.54) is 12.1 Å². The topological polar surface area (TPSA) is 102 Å². The average Bonchev–Trinajstić information content (AvgIpc) is 2.93. The number of nitrogens with zero attached hydrogens (tertiary/aromatic N) is 1. The molecule has 1 aliphatic heterocycles. The Morgan fingerprint density at radius 1 is 0.964 bits per heavy atom. The molecule has 1 aliphatic rings. The van der Waals surface area contributed by atoms with Gasteiger partial charge >= 0.3 is 12.1 Å². The second kappa shape index (κ2) is 8.34. The number of carbonyl (C=O) groups is 4. The summed E-state index contributed by atoms with van der Waals surface area (Å²) in [5.41, 5.74) is 1.06. The van der Waals surface area contributed by atoms with Gasteiger partial charge in [-0.3, -0.25) is 9.59 Å². The van der Waals surface area contributed by atoms with Crippen molar-refractivity contribution in [1.29, 1.82) is 0 Å². The molecule has 0 aliphatic carbocycles. The molecule has 0 saturated carbocycles. The van der Waals surface area contributed by atoms with E-state index in [0.717, 1.165) is 5.56 Å². The largest absolute Gasteiger partial charge is 0.450 e. The highest BCUT2D eigenvalue weighted by Crippen LogP contribution is 2.23. The number of fused-ring (bicyclic) bond motifs is 1. The second-order valence-corrected chi connectivity index (χ2v) is 5.97. The highest BCUT2D eigenvalue weighted by molar-refractivity contribution is 6.20. The number of alkyl carbamates (subject to hydrolysis) is 1. The molecule has 1 atom stereocenters. The summed E-state index contributed by atoms with van der Waals surface area (Å²) in [5, 5.41) is 2.82. The van der Waals surface area contributed by atoms with Gasteiger partial charge < -0.3 is 14.9 Å². The first-order valence-electron chi connectivity index (χ1n) is 8.68. The molecule has 1 N–H and O–H groups in total. The molecule has 8 heteroatoms. The number of benzene rings is 2. The summed E-state index contributed by atoms with van der Waals surface area (Å²) in [5.74, 6) is -2.42. The Labute approximate surface area is 161 Å². The van der Waals surface area contributed by atoms with Crippen molar-refractivity contribution >= 4 is 23.9 Å². The van der Waals surface area contributed by atoms with Gasteiger partial charge in [0.25, 0.3) is 11.8 Å². The molecule has 0 aromatic heterocycles. The molecule has 3 amide bonds. The highest BCUT2D eigenvalue weighted by atomic mass is 16.7. The van der Waals surface area contributed by atoms with E-state index in [-0.39, 0.29) is 24.2 Å². The lowest BCUT2D eigenvalue weighted by molar-refractivity contribution is -0.171. The van der Waals surface area contributed by atoms with Crippen LogP contribution in [0.3, 0.4) is 0 Å². The SMILES string of the molecule is CCOC(=O)N[C@H](Cc1ccccc1)C(=O)ON1C(=O)c2ccccc2C1=O. The molecule has 8 nitrogen and oxygen atoms in total. The Morgan fingerprint density at radius 3 is 2.11 bits per heavy atom. The average molecular weight is 382 g/mol. The first kappa shape index (κ1) is 19.1. The van der Waals surface area contributed by atoms with E-state index in [4.69, 9.17) is 9.57 Å². The van der Waals surface area contributed by atoms with E-state index in [9.17, 15) is 19.2 Å². The summed E-state index contributed by atoms with van der Waals surface area (Å²) in [7, 11) is 0. The van der Waals surface area contributed by atoms with Crippen LogP contribution in [-0.2, 0) is 20.8 Å². The fourth-order valence-electron chi connectivity index (χ4n) is 2.76. The molecule has 0 unspecified atom stereocenters. The van der Waals surface area contributed by atoms with Crippen LogP contribution in [0.15, 0.2) is 54.6 Å². The standard InChI is InChI=1S/C20H18N2O6/c1-2-27-20(26)21-16(12-13-8-4-3-5-9-13)19(25)28-22-17(23)14-10-6-7-11-15(14)18(22)24/h3-11,16H,2,12H2,1H3,(H,21,26)/t16-/m1/s1. The van der Waals surface area contributed by atoms with Gasteiger partial charge in [-0.2, -0.15) is 0 Å². The third-order valence-corrected chi connectivity index (χ3v) is 4.07. The number of nitrogens with one attached hydrogen (secondary N) is 1. The van der Waals surface area contributed by atoms with Crippen molar-refractivity contribution in [3.05, 3.63) is 71.3 Å². The molecule has 28 heavy (non-hydrogen) atoms. The quantitative estimate of drug-likeness (QED) is 0.768. The first-order chi connectivity index (χ1) is 13.5. The lowest BCUT2D eigenvalue weighted by atomic mass is 10.1. The molecule has 2 aromatic rings. The summed E-state index contributed by atoms with van der Waals surface area (Å²) in [6.07, 6.45) is -0.704. The molecule has 0 spiro atoms. The molecule has 2 aromatic carbocycles. The minimum atomic E-state index is -1.15. The van der Waals surface area contributed by atoms with Crippen LogP contribution in [0.4, 0.5) is 4.79 Å². The smallest absolute Gasteiger partial charge is 0.407 e. The number of hydrogen-bond acceptors (Lipinski definition) is 6. The predicted octanol–water partition coefficient (Wildman–Crippen LogP) is 2.10. The Balaban J connectivity index is 1.76. The van der Waals surface area contributed by atoms with E-state index in [0.29, 0.717) is 5.06 Å². The zero-order valence-electron chi connectivity index (χ0n) is 15.1. The third kappa shape index (κ3) is 4.01. The first-order valence-corrected chi connectivity index (χ1v) is 8.68. The van der Waals surface area contributed by atoms with Gasteiger partial charge in [0, 0.05) is 6.42 Å². The maximum Gasteiger partial charge on any atom is 0.407 e. The molecule has 0 radical (unpaired) electrons. The van der Waals surface area contributed by atoms with Gasteiger partial charge in [-0.1, -0.05) is 47.5 Å². The maximum absolute atomic E-state index is 12.6. The number of amides is 3. The van der Waals surface area contributed by atoms with E-state index >= 15 is 0 Å². The second-order valence-electron chi connectivity index (χ2n) is 5.97. The summed E-state index contributed by atoms with van der Waals surface area (Å²) >= 11 is 0. The number of hydrogen-bond donors (Lipinski definition) is 1. The van der Waals surface area contributed by atoms with Crippen molar-refractivity contribution in [2.45, 2.75) is 19.4 Å². The van der Waals surface area contributed by atoms with Crippen LogP contribution in [0, 0.1) is 0 Å².